The molecule has 0 bridgehead atoms. The van der Waals surface area contributed by atoms with Crippen LogP contribution in [-0.2, 0) is 19.6 Å². The van der Waals surface area contributed by atoms with Crippen LogP contribution in [0.5, 0.6) is 5.75 Å². The summed E-state index contributed by atoms with van der Waals surface area (Å²) in [6.07, 6.45) is 0. The summed E-state index contributed by atoms with van der Waals surface area (Å²) in [5.41, 5.74) is 6.47. The normalized spacial score (nSPS) is 10.9. The summed E-state index contributed by atoms with van der Waals surface area (Å²) in [5.74, 6) is -0.0711. The molecule has 0 fully saturated rings. The van der Waals surface area contributed by atoms with Crippen LogP contribution in [0.3, 0.4) is 0 Å². The first-order valence-corrected chi connectivity index (χ1v) is 9.71. The van der Waals surface area contributed by atoms with E-state index < -0.39 is 5.97 Å². The molecule has 1 heterocycles. The smallest absolute Gasteiger partial charge is 0.337 e. The number of hydrogen-bond donors (Lipinski definition) is 2. The van der Waals surface area contributed by atoms with Crippen molar-refractivity contribution in [2.75, 3.05) is 7.11 Å². The van der Waals surface area contributed by atoms with Gasteiger partial charge in [0.05, 0.1) is 12.7 Å². The molecule has 0 radical (unpaired) electrons. The standard InChI is InChI=1S/C24H28N2O3/c1-16-8-10-19(11-9-16)15-26-17(2)22(23(18(26)3)24(27)28)14-25-13-20-6-5-7-21(12-20)29-4/h5-12,25H,13-15H2,1-4H3,(H,27,28). The van der Waals surface area contributed by atoms with Crippen LogP contribution in [0.15, 0.2) is 48.5 Å². The van der Waals surface area contributed by atoms with Crippen LogP contribution in [0.2, 0.25) is 0 Å². The second-order valence-corrected chi connectivity index (χ2v) is 7.36. The maximum Gasteiger partial charge on any atom is 0.337 e. The Hall–Kier alpha value is -3.05. The average molecular weight is 392 g/mol. The van der Waals surface area contributed by atoms with Crippen LogP contribution in [0.4, 0.5) is 0 Å². The number of methoxy groups -OCH3 is 1. The van der Waals surface area contributed by atoms with Crippen molar-refractivity contribution in [1.82, 2.24) is 9.88 Å². The minimum atomic E-state index is -0.883. The predicted molar refractivity (Wildman–Crippen MR) is 115 cm³/mol. The molecule has 0 saturated carbocycles. The Kier molecular flexibility index (Phi) is 6.39. The van der Waals surface area contributed by atoms with E-state index in [1.54, 1.807) is 7.11 Å². The third kappa shape index (κ3) is 4.69. The van der Waals surface area contributed by atoms with Crippen molar-refractivity contribution in [2.45, 2.75) is 40.4 Å². The summed E-state index contributed by atoms with van der Waals surface area (Å²) in [5, 5.41) is 13.2. The highest BCUT2D eigenvalue weighted by molar-refractivity contribution is 5.91. The Morgan fingerprint density at radius 3 is 2.38 bits per heavy atom. The molecule has 2 aromatic carbocycles. The van der Waals surface area contributed by atoms with Gasteiger partial charge in [-0.1, -0.05) is 42.0 Å². The topological polar surface area (TPSA) is 63.5 Å². The first-order chi connectivity index (χ1) is 13.9. The Morgan fingerprint density at radius 2 is 1.72 bits per heavy atom. The Labute approximate surface area is 172 Å². The molecular formula is C24H28N2O3. The number of aromatic nitrogens is 1. The van der Waals surface area contributed by atoms with Gasteiger partial charge in [-0.3, -0.25) is 0 Å². The zero-order chi connectivity index (χ0) is 21.0. The number of aromatic carboxylic acids is 1. The molecule has 152 valence electrons. The summed E-state index contributed by atoms with van der Waals surface area (Å²) in [4.78, 5) is 12.0. The maximum absolute atomic E-state index is 12.0. The molecule has 0 aliphatic rings. The van der Waals surface area contributed by atoms with Gasteiger partial charge in [0.25, 0.3) is 0 Å². The van der Waals surface area contributed by atoms with Gasteiger partial charge in [0.15, 0.2) is 0 Å². The first-order valence-electron chi connectivity index (χ1n) is 9.71. The summed E-state index contributed by atoms with van der Waals surface area (Å²) in [6.45, 7) is 7.73. The fourth-order valence-electron chi connectivity index (χ4n) is 3.68. The predicted octanol–water partition coefficient (Wildman–Crippen LogP) is 4.46. The Morgan fingerprint density at radius 1 is 1.00 bits per heavy atom. The highest BCUT2D eigenvalue weighted by atomic mass is 16.5. The van der Waals surface area contributed by atoms with Gasteiger partial charge in [-0.15, -0.1) is 0 Å². The molecule has 0 aliphatic carbocycles. The number of nitrogens with zero attached hydrogens (tertiary/aromatic N) is 1. The molecule has 29 heavy (non-hydrogen) atoms. The van der Waals surface area contributed by atoms with E-state index in [2.05, 4.69) is 41.1 Å². The number of nitrogens with one attached hydrogen (secondary N) is 1. The lowest BCUT2D eigenvalue weighted by Gasteiger charge is -2.11. The molecule has 2 N–H and O–H groups in total. The lowest BCUT2D eigenvalue weighted by Crippen LogP contribution is -2.15. The molecule has 0 unspecified atom stereocenters. The number of benzene rings is 2. The number of rotatable bonds is 8. The van der Waals surface area contributed by atoms with E-state index in [1.807, 2.05) is 38.1 Å². The van der Waals surface area contributed by atoms with Gasteiger partial charge in [0, 0.05) is 36.6 Å². The van der Waals surface area contributed by atoms with Crippen molar-refractivity contribution in [3.63, 3.8) is 0 Å². The summed E-state index contributed by atoms with van der Waals surface area (Å²) < 4.78 is 7.36. The average Bonchev–Trinajstić information content (AvgIpc) is 2.94. The van der Waals surface area contributed by atoms with Crippen molar-refractivity contribution in [1.29, 1.82) is 0 Å². The van der Waals surface area contributed by atoms with Crippen LogP contribution in [-0.4, -0.2) is 22.8 Å². The molecule has 0 spiro atoms. The van der Waals surface area contributed by atoms with E-state index in [0.29, 0.717) is 25.2 Å². The van der Waals surface area contributed by atoms with Crippen LogP contribution >= 0.6 is 0 Å². The van der Waals surface area contributed by atoms with Crippen molar-refractivity contribution in [3.05, 3.63) is 87.7 Å². The van der Waals surface area contributed by atoms with Crippen molar-refractivity contribution in [2.24, 2.45) is 0 Å². The fraction of sp³-hybridized carbons (Fsp3) is 0.292. The van der Waals surface area contributed by atoms with E-state index in [9.17, 15) is 9.90 Å². The fourth-order valence-corrected chi connectivity index (χ4v) is 3.68. The number of hydrogen-bond acceptors (Lipinski definition) is 3. The van der Waals surface area contributed by atoms with Gasteiger partial charge >= 0.3 is 5.97 Å². The second kappa shape index (κ2) is 8.97. The van der Waals surface area contributed by atoms with Gasteiger partial charge in [-0.05, 0) is 44.0 Å². The minimum Gasteiger partial charge on any atom is -0.497 e. The molecule has 1 aromatic heterocycles. The quantitative estimate of drug-likeness (QED) is 0.594. The second-order valence-electron chi connectivity index (χ2n) is 7.36. The lowest BCUT2D eigenvalue weighted by molar-refractivity contribution is 0.0694. The molecule has 3 rings (SSSR count). The van der Waals surface area contributed by atoms with Crippen molar-refractivity contribution in [3.8, 4) is 5.75 Å². The molecular weight excluding hydrogens is 364 g/mol. The summed E-state index contributed by atoms with van der Waals surface area (Å²) in [7, 11) is 1.65. The van der Waals surface area contributed by atoms with Gasteiger partial charge in [0.1, 0.15) is 5.75 Å². The molecule has 5 heteroatoms. The van der Waals surface area contributed by atoms with Gasteiger partial charge in [-0.25, -0.2) is 4.79 Å². The van der Waals surface area contributed by atoms with Gasteiger partial charge in [0.2, 0.25) is 0 Å². The number of ether oxygens (including phenoxy) is 1. The Bertz CT molecular complexity index is 1000. The van der Waals surface area contributed by atoms with Crippen molar-refractivity contribution < 1.29 is 14.6 Å². The zero-order valence-corrected chi connectivity index (χ0v) is 17.5. The monoisotopic (exact) mass is 392 g/mol. The number of carbonyl (C=O) groups is 1. The Balaban J connectivity index is 1.81. The number of carboxylic acids is 1. The lowest BCUT2D eigenvalue weighted by atomic mass is 10.1. The largest absolute Gasteiger partial charge is 0.497 e. The minimum absolute atomic E-state index is 0.396. The first kappa shape index (κ1) is 20.7. The molecule has 0 atom stereocenters. The molecule has 0 aliphatic heterocycles. The van der Waals surface area contributed by atoms with Gasteiger partial charge in [-0.2, -0.15) is 0 Å². The molecule has 5 nitrogen and oxygen atoms in total. The van der Waals surface area contributed by atoms with E-state index in [0.717, 1.165) is 33.8 Å². The highest BCUT2D eigenvalue weighted by Crippen LogP contribution is 2.24. The molecule has 3 aromatic rings. The number of carboxylic acid groups (broad SMARTS) is 1. The van der Waals surface area contributed by atoms with E-state index in [1.165, 1.54) is 5.56 Å². The SMILES string of the molecule is COc1cccc(CNCc2c(C(=O)O)c(C)n(Cc3ccc(C)cc3)c2C)c1. The summed E-state index contributed by atoms with van der Waals surface area (Å²) in [6, 6.07) is 16.2. The molecule has 0 saturated heterocycles. The maximum atomic E-state index is 12.0. The van der Waals surface area contributed by atoms with Crippen LogP contribution in [0.1, 0.15) is 44.0 Å². The third-order valence-electron chi connectivity index (χ3n) is 5.35. The van der Waals surface area contributed by atoms with Crippen LogP contribution in [0, 0.1) is 20.8 Å². The van der Waals surface area contributed by atoms with Gasteiger partial charge < -0.3 is 19.7 Å². The van der Waals surface area contributed by atoms with Crippen LogP contribution < -0.4 is 10.1 Å². The number of aryl methyl sites for hydroxylation is 1. The zero-order valence-electron chi connectivity index (χ0n) is 17.5. The van der Waals surface area contributed by atoms with E-state index >= 15 is 0 Å². The van der Waals surface area contributed by atoms with Crippen LogP contribution in [0.25, 0.3) is 0 Å². The van der Waals surface area contributed by atoms with E-state index in [-0.39, 0.29) is 0 Å². The summed E-state index contributed by atoms with van der Waals surface area (Å²) >= 11 is 0. The molecule has 0 amide bonds. The highest BCUT2D eigenvalue weighted by Gasteiger charge is 2.22. The van der Waals surface area contributed by atoms with E-state index in [4.69, 9.17) is 4.74 Å². The van der Waals surface area contributed by atoms with Crippen molar-refractivity contribution >= 4 is 5.97 Å². The third-order valence-corrected chi connectivity index (χ3v) is 5.35.